The molecular weight excluding hydrogens is 450 g/mol. The Labute approximate surface area is 205 Å². The predicted octanol–water partition coefficient (Wildman–Crippen LogP) is 5.23. The first kappa shape index (κ1) is 23.8. The Morgan fingerprint density at radius 1 is 1.03 bits per heavy atom. The van der Waals surface area contributed by atoms with Crippen LogP contribution >= 0.6 is 11.6 Å². The van der Waals surface area contributed by atoms with Gasteiger partial charge in [0.15, 0.2) is 0 Å². The van der Waals surface area contributed by atoms with Crippen LogP contribution in [0.1, 0.15) is 36.9 Å². The molecular formula is C26H30ClN5O2. The molecule has 0 saturated heterocycles. The zero-order chi connectivity index (χ0) is 24.0. The van der Waals surface area contributed by atoms with E-state index in [9.17, 15) is 4.79 Å². The topological polar surface area (TPSA) is 88.2 Å². The maximum atomic E-state index is 13.2. The molecule has 0 spiro atoms. The quantitative estimate of drug-likeness (QED) is 0.364. The fourth-order valence-electron chi connectivity index (χ4n) is 4.45. The number of amides is 1. The molecule has 0 bridgehead atoms. The van der Waals surface area contributed by atoms with Gasteiger partial charge in [-0.2, -0.15) is 4.98 Å². The highest BCUT2D eigenvalue weighted by molar-refractivity contribution is 6.30. The van der Waals surface area contributed by atoms with Crippen molar-refractivity contribution in [3.8, 4) is 5.75 Å². The summed E-state index contributed by atoms with van der Waals surface area (Å²) in [5.74, 6) is 2.07. The van der Waals surface area contributed by atoms with Gasteiger partial charge in [-0.15, -0.1) is 0 Å². The molecule has 3 aromatic rings. The van der Waals surface area contributed by atoms with Crippen molar-refractivity contribution >= 4 is 35.0 Å². The van der Waals surface area contributed by atoms with E-state index in [1.54, 1.807) is 7.11 Å². The van der Waals surface area contributed by atoms with Crippen molar-refractivity contribution in [2.24, 2.45) is 0 Å². The third-order valence-electron chi connectivity index (χ3n) is 6.20. The highest BCUT2D eigenvalue weighted by atomic mass is 35.5. The fraction of sp³-hybridized carbons (Fsp3) is 0.346. The summed E-state index contributed by atoms with van der Waals surface area (Å²) in [6, 6.07) is 17.2. The van der Waals surface area contributed by atoms with Gasteiger partial charge in [0, 0.05) is 35.6 Å². The number of carbonyl (C=O) groups is 1. The third-order valence-corrected chi connectivity index (χ3v) is 6.45. The van der Waals surface area contributed by atoms with Gasteiger partial charge in [0.2, 0.25) is 11.9 Å². The van der Waals surface area contributed by atoms with Crippen LogP contribution in [0.5, 0.6) is 5.75 Å². The minimum absolute atomic E-state index is 0.0705. The van der Waals surface area contributed by atoms with Crippen molar-refractivity contribution in [2.75, 3.05) is 30.8 Å². The molecule has 0 atom stereocenters. The zero-order valence-corrected chi connectivity index (χ0v) is 20.3. The van der Waals surface area contributed by atoms with Crippen LogP contribution in [0.25, 0.3) is 0 Å². The number of benzene rings is 2. The number of anilines is 3. The molecule has 1 aliphatic rings. The van der Waals surface area contributed by atoms with Gasteiger partial charge in [-0.1, -0.05) is 36.6 Å². The van der Waals surface area contributed by atoms with E-state index in [4.69, 9.17) is 16.3 Å². The lowest BCUT2D eigenvalue weighted by molar-refractivity contribution is -0.126. The lowest BCUT2D eigenvalue weighted by atomic mass is 9.78. The second-order valence-electron chi connectivity index (χ2n) is 8.55. The van der Waals surface area contributed by atoms with Gasteiger partial charge in [-0.05, 0) is 61.7 Å². The van der Waals surface area contributed by atoms with E-state index in [-0.39, 0.29) is 5.91 Å². The molecule has 1 saturated carbocycles. The van der Waals surface area contributed by atoms with E-state index in [1.807, 2.05) is 61.5 Å². The number of hydrogen-bond donors (Lipinski definition) is 3. The van der Waals surface area contributed by atoms with Gasteiger partial charge in [0.1, 0.15) is 11.6 Å². The highest BCUT2D eigenvalue weighted by Gasteiger charge is 2.42. The molecule has 3 N–H and O–H groups in total. The molecule has 1 amide bonds. The normalized spacial score (nSPS) is 14.4. The number of halogens is 1. The van der Waals surface area contributed by atoms with E-state index < -0.39 is 5.41 Å². The van der Waals surface area contributed by atoms with Gasteiger partial charge in [0.25, 0.3) is 0 Å². The van der Waals surface area contributed by atoms with Crippen molar-refractivity contribution in [3.63, 3.8) is 0 Å². The maximum Gasteiger partial charge on any atom is 0.230 e. The van der Waals surface area contributed by atoms with Gasteiger partial charge >= 0.3 is 0 Å². The Morgan fingerprint density at radius 3 is 2.41 bits per heavy atom. The van der Waals surface area contributed by atoms with Crippen molar-refractivity contribution in [2.45, 2.75) is 38.0 Å². The Bertz CT molecular complexity index is 1110. The van der Waals surface area contributed by atoms with Gasteiger partial charge in [-0.25, -0.2) is 4.98 Å². The second-order valence-corrected chi connectivity index (χ2v) is 8.99. The van der Waals surface area contributed by atoms with Crippen molar-refractivity contribution in [3.05, 3.63) is 70.9 Å². The Balaban J connectivity index is 1.34. The number of aryl methyl sites for hydroxylation is 1. The van der Waals surface area contributed by atoms with Crippen LogP contribution in [-0.2, 0) is 10.2 Å². The zero-order valence-electron chi connectivity index (χ0n) is 19.5. The van der Waals surface area contributed by atoms with E-state index in [2.05, 4.69) is 25.9 Å². The molecule has 2 aromatic carbocycles. The van der Waals surface area contributed by atoms with E-state index in [0.717, 1.165) is 48.4 Å². The Kier molecular flexibility index (Phi) is 7.53. The lowest BCUT2D eigenvalue weighted by Crippen LogP contribution is -2.44. The van der Waals surface area contributed by atoms with Gasteiger partial charge in [0.05, 0.1) is 12.5 Å². The third kappa shape index (κ3) is 5.59. The monoisotopic (exact) mass is 479 g/mol. The van der Waals surface area contributed by atoms with Crippen LogP contribution in [0.2, 0.25) is 5.02 Å². The highest BCUT2D eigenvalue weighted by Crippen LogP contribution is 2.41. The molecule has 0 unspecified atom stereocenters. The summed E-state index contributed by atoms with van der Waals surface area (Å²) < 4.78 is 5.20. The smallest absolute Gasteiger partial charge is 0.230 e. The number of rotatable bonds is 9. The predicted molar refractivity (Wildman–Crippen MR) is 136 cm³/mol. The minimum Gasteiger partial charge on any atom is -0.497 e. The summed E-state index contributed by atoms with van der Waals surface area (Å²) in [7, 11) is 1.64. The summed E-state index contributed by atoms with van der Waals surface area (Å²) in [4.78, 5) is 22.2. The van der Waals surface area contributed by atoms with E-state index in [1.165, 1.54) is 0 Å². The first-order chi connectivity index (χ1) is 16.5. The lowest BCUT2D eigenvalue weighted by Gasteiger charge is -2.28. The average molecular weight is 480 g/mol. The Hall–Kier alpha value is -3.32. The van der Waals surface area contributed by atoms with Crippen LogP contribution in [0.3, 0.4) is 0 Å². The largest absolute Gasteiger partial charge is 0.497 e. The molecule has 0 radical (unpaired) electrons. The summed E-state index contributed by atoms with van der Waals surface area (Å²) in [5, 5.41) is 10.3. The van der Waals surface area contributed by atoms with Crippen molar-refractivity contribution in [1.82, 2.24) is 15.3 Å². The average Bonchev–Trinajstić information content (AvgIpc) is 3.34. The van der Waals surface area contributed by atoms with Crippen LogP contribution in [0.4, 0.5) is 17.5 Å². The number of nitrogens with zero attached hydrogens (tertiary/aromatic N) is 2. The number of carbonyl (C=O) groups excluding carboxylic acids is 1. The maximum absolute atomic E-state index is 13.2. The van der Waals surface area contributed by atoms with Gasteiger partial charge in [-0.3, -0.25) is 4.79 Å². The molecule has 1 heterocycles. The molecule has 0 aliphatic heterocycles. The SMILES string of the molecule is COc1ccc(Nc2cc(C)nc(NCCNC(=O)C3(c4ccc(Cl)cc4)CCCC3)n2)cc1. The summed E-state index contributed by atoms with van der Waals surface area (Å²) in [6.45, 7) is 2.92. The Morgan fingerprint density at radius 2 is 1.74 bits per heavy atom. The van der Waals surface area contributed by atoms with Crippen LogP contribution in [0, 0.1) is 6.92 Å². The summed E-state index contributed by atoms with van der Waals surface area (Å²) in [5.41, 5.74) is 2.31. The van der Waals surface area contributed by atoms with E-state index >= 15 is 0 Å². The molecule has 8 heteroatoms. The molecule has 178 valence electrons. The van der Waals surface area contributed by atoms with Gasteiger partial charge < -0.3 is 20.7 Å². The standard InChI is InChI=1S/C26H30ClN5O2/c1-18-17-23(31-21-9-11-22(34-2)12-10-21)32-25(30-18)29-16-15-28-24(33)26(13-3-4-14-26)19-5-7-20(27)8-6-19/h5-12,17H,3-4,13-16H2,1-2H3,(H,28,33)(H2,29,30,31,32). The molecule has 34 heavy (non-hydrogen) atoms. The number of nitrogens with one attached hydrogen (secondary N) is 3. The minimum atomic E-state index is -0.472. The molecule has 7 nitrogen and oxygen atoms in total. The second kappa shape index (κ2) is 10.7. The molecule has 1 aromatic heterocycles. The number of aromatic nitrogens is 2. The summed E-state index contributed by atoms with van der Waals surface area (Å²) >= 11 is 6.05. The number of methoxy groups -OCH3 is 1. The fourth-order valence-corrected chi connectivity index (χ4v) is 4.57. The van der Waals surface area contributed by atoms with E-state index in [0.29, 0.717) is 29.9 Å². The van der Waals surface area contributed by atoms with Crippen molar-refractivity contribution < 1.29 is 9.53 Å². The summed E-state index contributed by atoms with van der Waals surface area (Å²) in [6.07, 6.45) is 3.81. The molecule has 1 aliphatic carbocycles. The van der Waals surface area contributed by atoms with Crippen LogP contribution < -0.4 is 20.7 Å². The number of ether oxygens (including phenoxy) is 1. The van der Waals surface area contributed by atoms with Crippen LogP contribution in [0.15, 0.2) is 54.6 Å². The first-order valence-corrected chi connectivity index (χ1v) is 11.9. The molecule has 1 fully saturated rings. The number of hydrogen-bond acceptors (Lipinski definition) is 6. The molecule has 4 rings (SSSR count). The first-order valence-electron chi connectivity index (χ1n) is 11.5. The van der Waals surface area contributed by atoms with Crippen molar-refractivity contribution in [1.29, 1.82) is 0 Å². The van der Waals surface area contributed by atoms with Crippen LogP contribution in [-0.4, -0.2) is 36.1 Å².